The Labute approximate surface area is 169 Å². The van der Waals surface area contributed by atoms with Crippen molar-refractivity contribution in [3.8, 4) is 0 Å². The van der Waals surface area contributed by atoms with Crippen molar-refractivity contribution in [3.05, 3.63) is 0 Å². The summed E-state index contributed by atoms with van der Waals surface area (Å²) in [5.41, 5.74) is 0. The van der Waals surface area contributed by atoms with Crippen LogP contribution in [0.4, 0.5) is 0 Å². The lowest BCUT2D eigenvalue weighted by atomic mass is 9.83. The van der Waals surface area contributed by atoms with E-state index in [-0.39, 0.29) is 51.3 Å². The Morgan fingerprint density at radius 1 is 0.828 bits per heavy atom. The lowest BCUT2D eigenvalue weighted by Crippen LogP contribution is -2.36. The molecule has 0 fully saturated rings. The van der Waals surface area contributed by atoms with Crippen LogP contribution in [0, 0.1) is 11.8 Å². The van der Waals surface area contributed by atoms with Gasteiger partial charge in [-0.2, -0.15) is 0 Å². The third-order valence-electron chi connectivity index (χ3n) is 4.68. The number of aldehydes is 3. The maximum atomic E-state index is 11.8. The Morgan fingerprint density at radius 2 is 1.31 bits per heavy atom. The van der Waals surface area contributed by atoms with Gasteiger partial charge in [0.1, 0.15) is 24.6 Å². The van der Waals surface area contributed by atoms with Crippen molar-refractivity contribution in [2.24, 2.45) is 11.8 Å². The second-order valence-corrected chi connectivity index (χ2v) is 6.91. The molecule has 164 valence electrons. The van der Waals surface area contributed by atoms with Crippen molar-refractivity contribution in [1.29, 1.82) is 0 Å². The number of aliphatic carboxylic acids is 2. The van der Waals surface area contributed by atoms with Crippen LogP contribution in [0.1, 0.15) is 32.6 Å². The van der Waals surface area contributed by atoms with Crippen molar-refractivity contribution in [2.45, 2.75) is 32.6 Å². The average molecular weight is 414 g/mol. The molecule has 0 aromatic rings. The number of carbonyl (C=O) groups is 6. The highest BCUT2D eigenvalue weighted by molar-refractivity contribution is 5.77. The molecular formula is C19H30N2O8. The largest absolute Gasteiger partial charge is 0.481 e. The van der Waals surface area contributed by atoms with Crippen LogP contribution in [0.2, 0.25) is 0 Å². The maximum Gasteiger partial charge on any atom is 0.317 e. The van der Waals surface area contributed by atoms with E-state index in [0.29, 0.717) is 38.2 Å². The molecule has 0 saturated carbocycles. The van der Waals surface area contributed by atoms with E-state index in [1.807, 2.05) is 0 Å². The summed E-state index contributed by atoms with van der Waals surface area (Å²) in [7, 11) is 0. The topological polar surface area (TPSA) is 149 Å². The van der Waals surface area contributed by atoms with Crippen LogP contribution in [-0.4, -0.2) is 95.9 Å². The summed E-state index contributed by atoms with van der Waals surface area (Å²) in [4.78, 5) is 69.3. The molecule has 0 bridgehead atoms. The van der Waals surface area contributed by atoms with E-state index in [0.717, 1.165) is 0 Å². The molecular weight excluding hydrogens is 384 g/mol. The molecule has 0 aliphatic heterocycles. The highest BCUT2D eigenvalue weighted by atomic mass is 16.4. The van der Waals surface area contributed by atoms with Gasteiger partial charge in [-0.3, -0.25) is 19.4 Å². The van der Waals surface area contributed by atoms with Crippen molar-refractivity contribution in [1.82, 2.24) is 9.80 Å². The molecule has 0 aliphatic rings. The van der Waals surface area contributed by atoms with Gasteiger partial charge in [0.2, 0.25) is 0 Å². The second kappa shape index (κ2) is 15.5. The van der Waals surface area contributed by atoms with Gasteiger partial charge in [0.25, 0.3) is 0 Å². The summed E-state index contributed by atoms with van der Waals surface area (Å²) in [6.45, 7) is 1.51. The number of carboxylic acid groups (broad SMARTS) is 2. The molecule has 10 heteroatoms. The van der Waals surface area contributed by atoms with Crippen molar-refractivity contribution in [2.75, 3.05) is 39.3 Å². The fraction of sp³-hybridized carbons (Fsp3) is 0.684. The molecule has 0 amide bonds. The summed E-state index contributed by atoms with van der Waals surface area (Å²) in [5, 5.41) is 18.6. The minimum Gasteiger partial charge on any atom is -0.481 e. The Balaban J connectivity index is 5.29. The minimum absolute atomic E-state index is 0.0346. The van der Waals surface area contributed by atoms with Crippen LogP contribution >= 0.6 is 0 Å². The maximum absolute atomic E-state index is 11.8. The molecule has 0 radical (unpaired) electrons. The highest BCUT2D eigenvalue weighted by Crippen LogP contribution is 2.26. The zero-order valence-corrected chi connectivity index (χ0v) is 16.7. The van der Waals surface area contributed by atoms with E-state index in [1.54, 1.807) is 4.90 Å². The lowest BCUT2D eigenvalue weighted by Gasteiger charge is -2.28. The third kappa shape index (κ3) is 12.6. The van der Waals surface area contributed by atoms with E-state index < -0.39 is 23.8 Å². The van der Waals surface area contributed by atoms with E-state index >= 15 is 0 Å². The van der Waals surface area contributed by atoms with Crippen LogP contribution in [0.5, 0.6) is 0 Å². The van der Waals surface area contributed by atoms with Gasteiger partial charge in [-0.15, -0.1) is 0 Å². The van der Waals surface area contributed by atoms with Crippen molar-refractivity contribution >= 4 is 36.6 Å². The number of hydrogen-bond acceptors (Lipinski definition) is 8. The SMILES string of the molecule is CC(=O)CCC(C(=O)O)C(CCN(CC=O)CC=O)CCN(CC=O)CC(=O)O. The Bertz CT molecular complexity index is 556. The zero-order chi connectivity index (χ0) is 22.2. The van der Waals surface area contributed by atoms with Crippen LogP contribution in [-0.2, 0) is 28.8 Å². The van der Waals surface area contributed by atoms with Crippen LogP contribution in [0.3, 0.4) is 0 Å². The second-order valence-electron chi connectivity index (χ2n) is 6.91. The van der Waals surface area contributed by atoms with Gasteiger partial charge < -0.3 is 29.4 Å². The smallest absolute Gasteiger partial charge is 0.317 e. The van der Waals surface area contributed by atoms with Gasteiger partial charge in [-0.1, -0.05) is 0 Å². The molecule has 0 aromatic heterocycles. The van der Waals surface area contributed by atoms with Gasteiger partial charge in [0, 0.05) is 6.42 Å². The van der Waals surface area contributed by atoms with Crippen molar-refractivity contribution < 1.29 is 39.0 Å². The molecule has 29 heavy (non-hydrogen) atoms. The fourth-order valence-electron chi connectivity index (χ4n) is 3.16. The number of ketones is 1. The number of Topliss-reactive ketones (excluding diaryl/α,β-unsaturated/α-hetero) is 1. The fourth-order valence-corrected chi connectivity index (χ4v) is 3.16. The predicted molar refractivity (Wildman–Crippen MR) is 102 cm³/mol. The normalized spacial score (nSPS) is 13.1. The summed E-state index contributed by atoms with van der Waals surface area (Å²) in [6, 6.07) is 0. The average Bonchev–Trinajstić information content (AvgIpc) is 2.62. The zero-order valence-electron chi connectivity index (χ0n) is 16.7. The monoisotopic (exact) mass is 414 g/mol. The molecule has 10 nitrogen and oxygen atoms in total. The molecule has 0 spiro atoms. The number of rotatable bonds is 19. The standard InChI is InChI=1S/C19H30N2O8/c1-15(25)2-3-17(19(28)29)16(4-6-20(8-11-22)9-12-23)5-7-21(10-13-24)14-18(26)27/h11-13,16-17H,2-10,14H2,1H3,(H,26,27)(H,28,29). The Kier molecular flexibility index (Phi) is 14.1. The number of carbonyl (C=O) groups excluding carboxylic acids is 4. The summed E-state index contributed by atoms with van der Waals surface area (Å²) < 4.78 is 0. The third-order valence-corrected chi connectivity index (χ3v) is 4.68. The molecule has 0 rings (SSSR count). The van der Waals surface area contributed by atoms with Gasteiger partial charge in [-0.25, -0.2) is 0 Å². The van der Waals surface area contributed by atoms with Crippen LogP contribution in [0.15, 0.2) is 0 Å². The van der Waals surface area contributed by atoms with Crippen LogP contribution in [0.25, 0.3) is 0 Å². The Hall–Kier alpha value is -2.46. The van der Waals surface area contributed by atoms with Gasteiger partial charge in [0.15, 0.2) is 0 Å². The molecule has 0 heterocycles. The predicted octanol–water partition coefficient (Wildman–Crippen LogP) is -0.262. The summed E-state index contributed by atoms with van der Waals surface area (Å²) in [5.74, 6) is -3.55. The first-order valence-electron chi connectivity index (χ1n) is 9.44. The molecule has 0 aliphatic carbocycles. The van der Waals surface area contributed by atoms with Gasteiger partial charge >= 0.3 is 11.9 Å². The summed E-state index contributed by atoms with van der Waals surface area (Å²) >= 11 is 0. The summed E-state index contributed by atoms with van der Waals surface area (Å²) in [6.07, 6.45) is 2.78. The highest BCUT2D eigenvalue weighted by Gasteiger charge is 2.29. The molecule has 0 saturated heterocycles. The van der Waals surface area contributed by atoms with E-state index in [2.05, 4.69) is 0 Å². The molecule has 0 aromatic carbocycles. The Morgan fingerprint density at radius 3 is 1.72 bits per heavy atom. The number of carboxylic acids is 2. The number of hydrogen-bond donors (Lipinski definition) is 2. The molecule has 2 unspecified atom stereocenters. The van der Waals surface area contributed by atoms with Gasteiger partial charge in [-0.05, 0) is 45.2 Å². The van der Waals surface area contributed by atoms with E-state index in [4.69, 9.17) is 5.11 Å². The van der Waals surface area contributed by atoms with E-state index in [1.165, 1.54) is 11.8 Å². The quantitative estimate of drug-likeness (QED) is 0.271. The van der Waals surface area contributed by atoms with Gasteiger partial charge in [0.05, 0.1) is 32.1 Å². The minimum atomic E-state index is -1.10. The molecule has 2 N–H and O–H groups in total. The first kappa shape index (κ1) is 26.5. The molecule has 2 atom stereocenters. The number of nitrogens with zero attached hydrogens (tertiary/aromatic N) is 2. The first-order chi connectivity index (χ1) is 13.7. The van der Waals surface area contributed by atoms with Crippen molar-refractivity contribution in [3.63, 3.8) is 0 Å². The lowest BCUT2D eigenvalue weighted by molar-refractivity contribution is -0.145. The van der Waals surface area contributed by atoms with E-state index in [9.17, 15) is 33.9 Å². The first-order valence-corrected chi connectivity index (χ1v) is 9.44. The van der Waals surface area contributed by atoms with Crippen LogP contribution < -0.4 is 0 Å².